The first-order valence-corrected chi connectivity index (χ1v) is 11.1. The van der Waals surface area contributed by atoms with Crippen LogP contribution >= 0.6 is 0 Å². The molecule has 0 radical (unpaired) electrons. The molecule has 166 valence electrons. The van der Waals surface area contributed by atoms with Crippen molar-refractivity contribution in [3.8, 4) is 11.5 Å². The predicted molar refractivity (Wildman–Crippen MR) is 125 cm³/mol. The zero-order chi connectivity index (χ0) is 22.1. The summed E-state index contributed by atoms with van der Waals surface area (Å²) in [5.41, 5.74) is 1.37. The number of rotatable bonds is 11. The predicted octanol–water partition coefficient (Wildman–Crippen LogP) is 5.66. The van der Waals surface area contributed by atoms with Gasteiger partial charge in [0.05, 0.1) is 0 Å². The third-order valence-corrected chi connectivity index (χ3v) is 5.09. The van der Waals surface area contributed by atoms with E-state index in [0.29, 0.717) is 35.4 Å². The molecule has 2 heterocycles. The second-order valence-corrected chi connectivity index (χ2v) is 7.46. The average molecular weight is 425 g/mol. The van der Waals surface area contributed by atoms with Crippen LogP contribution in [0.15, 0.2) is 36.5 Å². The number of carbonyl (C=O) groups is 1. The Labute approximate surface area is 183 Å². The number of urea groups is 1. The number of hydrogen-bond acceptors (Lipinski definition) is 5. The summed E-state index contributed by atoms with van der Waals surface area (Å²) in [4.78, 5) is 16.0. The number of fused-ring (bicyclic) bond motifs is 1. The topological polar surface area (TPSA) is 104 Å². The summed E-state index contributed by atoms with van der Waals surface area (Å²) in [5.74, 6) is 2.10. The van der Waals surface area contributed by atoms with Gasteiger partial charge in [-0.15, -0.1) is 0 Å². The number of unbranched alkanes of at least 4 members (excludes halogenated alkanes) is 2. The molecule has 0 spiro atoms. The van der Waals surface area contributed by atoms with E-state index in [4.69, 9.17) is 4.74 Å². The van der Waals surface area contributed by atoms with E-state index >= 15 is 0 Å². The van der Waals surface area contributed by atoms with E-state index in [-0.39, 0.29) is 6.03 Å². The Morgan fingerprint density at radius 3 is 2.65 bits per heavy atom. The van der Waals surface area contributed by atoms with Gasteiger partial charge < -0.3 is 20.7 Å². The molecule has 2 aromatic heterocycles. The van der Waals surface area contributed by atoms with Gasteiger partial charge >= 0.3 is 6.03 Å². The van der Waals surface area contributed by atoms with Crippen LogP contribution in [0, 0.1) is 0 Å². The van der Waals surface area contributed by atoms with Crippen LogP contribution in [0.3, 0.4) is 0 Å². The van der Waals surface area contributed by atoms with E-state index in [1.165, 1.54) is 19.3 Å². The number of nitrogens with zero attached hydrogens (tertiary/aromatic N) is 2. The van der Waals surface area contributed by atoms with Crippen molar-refractivity contribution in [1.82, 2.24) is 20.5 Å². The fourth-order valence-corrected chi connectivity index (χ4v) is 3.39. The third kappa shape index (κ3) is 6.10. The number of anilines is 2. The number of ether oxygens (including phenoxy) is 1. The Kier molecular flexibility index (Phi) is 8.09. The van der Waals surface area contributed by atoms with Crippen LogP contribution in [0.4, 0.5) is 16.3 Å². The average Bonchev–Trinajstić information content (AvgIpc) is 3.18. The van der Waals surface area contributed by atoms with Gasteiger partial charge in [0.1, 0.15) is 16.9 Å². The first-order valence-electron chi connectivity index (χ1n) is 11.1. The molecule has 0 aliphatic rings. The van der Waals surface area contributed by atoms with E-state index in [1.54, 1.807) is 18.3 Å². The molecule has 8 heteroatoms. The molecule has 0 aliphatic heterocycles. The molecule has 3 rings (SSSR count). The number of aromatic nitrogens is 3. The SMILES string of the molecule is CCCCCC(CC)Nc1n[nH]c2nccc(Oc3ccc(NC(=O)NCC)cc3)c12. The molecule has 4 N–H and O–H groups in total. The summed E-state index contributed by atoms with van der Waals surface area (Å²) >= 11 is 0. The van der Waals surface area contributed by atoms with E-state index in [1.807, 2.05) is 25.1 Å². The molecule has 3 aromatic rings. The molecule has 1 unspecified atom stereocenters. The third-order valence-electron chi connectivity index (χ3n) is 5.09. The summed E-state index contributed by atoms with van der Waals surface area (Å²) in [6, 6.07) is 9.20. The number of benzene rings is 1. The van der Waals surface area contributed by atoms with E-state index < -0.39 is 0 Å². The Balaban J connectivity index is 1.75. The van der Waals surface area contributed by atoms with Crippen LogP contribution in [-0.2, 0) is 0 Å². The van der Waals surface area contributed by atoms with Crippen LogP contribution in [0.5, 0.6) is 11.5 Å². The van der Waals surface area contributed by atoms with Crippen molar-refractivity contribution in [1.29, 1.82) is 0 Å². The number of pyridine rings is 1. The molecule has 8 nitrogen and oxygen atoms in total. The smallest absolute Gasteiger partial charge is 0.319 e. The van der Waals surface area contributed by atoms with Crippen LogP contribution in [-0.4, -0.2) is 33.8 Å². The number of hydrogen-bond donors (Lipinski definition) is 4. The molecule has 31 heavy (non-hydrogen) atoms. The highest BCUT2D eigenvalue weighted by Crippen LogP contribution is 2.33. The minimum absolute atomic E-state index is 0.231. The molecule has 1 atom stereocenters. The van der Waals surface area contributed by atoms with E-state index in [0.717, 1.165) is 24.0 Å². The first kappa shape index (κ1) is 22.4. The van der Waals surface area contributed by atoms with Gasteiger partial charge in [-0.1, -0.05) is 33.1 Å². The first-order chi connectivity index (χ1) is 15.1. The molecule has 0 aliphatic carbocycles. The molecular weight excluding hydrogens is 392 g/mol. The molecule has 2 amide bonds. The van der Waals surface area contributed by atoms with E-state index in [2.05, 4.69) is 45.0 Å². The molecule has 0 saturated heterocycles. The Bertz CT molecular complexity index is 970. The lowest BCUT2D eigenvalue weighted by atomic mass is 10.1. The number of amides is 2. The maximum atomic E-state index is 11.7. The summed E-state index contributed by atoms with van der Waals surface area (Å²) in [6.07, 6.45) is 7.47. The minimum Gasteiger partial charge on any atom is -0.456 e. The summed E-state index contributed by atoms with van der Waals surface area (Å²) in [5, 5.41) is 17.3. The van der Waals surface area contributed by atoms with Gasteiger partial charge in [-0.3, -0.25) is 5.10 Å². The van der Waals surface area contributed by atoms with Crippen LogP contribution < -0.4 is 20.7 Å². The Morgan fingerprint density at radius 1 is 1.13 bits per heavy atom. The van der Waals surface area contributed by atoms with Crippen LogP contribution in [0.25, 0.3) is 11.0 Å². The lowest BCUT2D eigenvalue weighted by Crippen LogP contribution is -2.28. The van der Waals surface area contributed by atoms with Gasteiger partial charge in [0.2, 0.25) is 0 Å². The van der Waals surface area contributed by atoms with Gasteiger partial charge in [0.15, 0.2) is 11.5 Å². The molecule has 1 aromatic carbocycles. The summed E-state index contributed by atoms with van der Waals surface area (Å²) in [7, 11) is 0. The van der Waals surface area contributed by atoms with Crippen molar-refractivity contribution < 1.29 is 9.53 Å². The van der Waals surface area contributed by atoms with Crippen molar-refractivity contribution in [2.45, 2.75) is 58.9 Å². The zero-order valence-corrected chi connectivity index (χ0v) is 18.5. The zero-order valence-electron chi connectivity index (χ0n) is 18.5. The summed E-state index contributed by atoms with van der Waals surface area (Å²) in [6.45, 7) is 6.85. The normalized spacial score (nSPS) is 11.8. The van der Waals surface area contributed by atoms with E-state index in [9.17, 15) is 4.79 Å². The Morgan fingerprint density at radius 2 is 1.94 bits per heavy atom. The summed E-state index contributed by atoms with van der Waals surface area (Å²) < 4.78 is 6.14. The molecule has 0 fully saturated rings. The fraction of sp³-hybridized carbons (Fsp3) is 0.435. The molecular formula is C23H32N6O2. The van der Waals surface area contributed by atoms with Crippen molar-refractivity contribution >= 4 is 28.6 Å². The Hall–Kier alpha value is -3.29. The lowest BCUT2D eigenvalue weighted by molar-refractivity contribution is 0.252. The second kappa shape index (κ2) is 11.2. The highest BCUT2D eigenvalue weighted by molar-refractivity contribution is 5.93. The quantitative estimate of drug-likeness (QED) is 0.297. The molecule has 0 bridgehead atoms. The van der Waals surface area contributed by atoms with Gasteiger partial charge in [-0.2, -0.15) is 5.10 Å². The number of nitrogens with one attached hydrogen (secondary N) is 4. The van der Waals surface area contributed by atoms with Crippen molar-refractivity contribution in [2.24, 2.45) is 0 Å². The van der Waals surface area contributed by atoms with Crippen molar-refractivity contribution in [2.75, 3.05) is 17.2 Å². The van der Waals surface area contributed by atoms with Gasteiger partial charge in [0.25, 0.3) is 0 Å². The monoisotopic (exact) mass is 424 g/mol. The standard InChI is InChI=1S/C23H32N6O2/c1-4-7-8-9-16(5-2)26-22-20-19(14-15-25-21(20)28-29-22)31-18-12-10-17(11-13-18)27-23(30)24-6-3/h10-16H,4-9H2,1-3H3,(H2,24,27,30)(H2,25,26,28,29). The fourth-order valence-electron chi connectivity index (χ4n) is 3.39. The number of carbonyl (C=O) groups excluding carboxylic acids is 1. The number of H-pyrrole nitrogens is 1. The van der Waals surface area contributed by atoms with Gasteiger partial charge in [0, 0.05) is 30.5 Å². The van der Waals surface area contributed by atoms with Crippen molar-refractivity contribution in [3.05, 3.63) is 36.5 Å². The number of aromatic amines is 1. The highest BCUT2D eigenvalue weighted by atomic mass is 16.5. The lowest BCUT2D eigenvalue weighted by Gasteiger charge is -2.17. The van der Waals surface area contributed by atoms with Crippen molar-refractivity contribution in [3.63, 3.8) is 0 Å². The molecule has 0 saturated carbocycles. The minimum atomic E-state index is -0.231. The largest absolute Gasteiger partial charge is 0.456 e. The highest BCUT2D eigenvalue weighted by Gasteiger charge is 2.16. The second-order valence-electron chi connectivity index (χ2n) is 7.46. The van der Waals surface area contributed by atoms with Crippen LogP contribution in [0.2, 0.25) is 0 Å². The maximum Gasteiger partial charge on any atom is 0.319 e. The van der Waals surface area contributed by atoms with Crippen LogP contribution in [0.1, 0.15) is 52.9 Å². The van der Waals surface area contributed by atoms with Gasteiger partial charge in [-0.05, 0) is 44.0 Å². The maximum absolute atomic E-state index is 11.7. The van der Waals surface area contributed by atoms with Gasteiger partial charge in [-0.25, -0.2) is 9.78 Å².